The molecule has 0 aliphatic carbocycles. The van der Waals surface area contributed by atoms with Crippen LogP contribution in [0.4, 0.5) is 0 Å². The van der Waals surface area contributed by atoms with E-state index in [0.29, 0.717) is 125 Å². The molecule has 0 fully saturated rings. The first-order valence-electron chi connectivity index (χ1n) is 20.7. The number of hydrogen-bond acceptors (Lipinski definition) is 11. The Morgan fingerprint density at radius 1 is 0.275 bits per heavy atom. The van der Waals surface area contributed by atoms with Gasteiger partial charge in [0, 0.05) is 13.0 Å². The van der Waals surface area contributed by atoms with Crippen molar-refractivity contribution in [2.24, 2.45) is 0 Å². The number of unbranched alkanes of at least 4 members (excludes halogenated alkanes) is 15. The molecule has 0 unspecified atom stereocenters. The van der Waals surface area contributed by atoms with Crippen LogP contribution in [0.2, 0.25) is 0 Å². The van der Waals surface area contributed by atoms with Crippen LogP contribution in [0.5, 0.6) is 0 Å². The van der Waals surface area contributed by atoms with Gasteiger partial charge >= 0.3 is 5.97 Å². The fourth-order valence-electron chi connectivity index (χ4n) is 5.07. The summed E-state index contributed by atoms with van der Waals surface area (Å²) in [5.41, 5.74) is 0. The molecule has 11 nitrogen and oxygen atoms in total. The van der Waals surface area contributed by atoms with E-state index in [0.717, 1.165) is 25.9 Å². The zero-order chi connectivity index (χ0) is 36.8. The Morgan fingerprint density at radius 2 is 0.510 bits per heavy atom. The first-order valence-corrected chi connectivity index (χ1v) is 20.7. The van der Waals surface area contributed by atoms with Crippen LogP contribution in [0, 0.1) is 0 Å². The summed E-state index contributed by atoms with van der Waals surface area (Å²) in [6.45, 7) is 14.5. The molecule has 0 atom stereocenters. The molecule has 0 aromatic heterocycles. The van der Waals surface area contributed by atoms with Crippen molar-refractivity contribution in [3.63, 3.8) is 0 Å². The molecule has 0 N–H and O–H groups in total. The van der Waals surface area contributed by atoms with Gasteiger partial charge in [0.2, 0.25) is 0 Å². The van der Waals surface area contributed by atoms with Crippen molar-refractivity contribution in [3.05, 3.63) is 0 Å². The maximum Gasteiger partial charge on any atom is 0.305 e. The molecule has 0 bridgehead atoms. The largest absolute Gasteiger partial charge is 0.463 e. The zero-order valence-corrected chi connectivity index (χ0v) is 33.2. The van der Waals surface area contributed by atoms with E-state index in [-0.39, 0.29) is 5.97 Å². The molecule has 0 aromatic rings. The fourth-order valence-corrected chi connectivity index (χ4v) is 5.07. The smallest absolute Gasteiger partial charge is 0.305 e. The molecule has 51 heavy (non-hydrogen) atoms. The summed E-state index contributed by atoms with van der Waals surface area (Å²) in [6.07, 6.45) is 22.2. The number of esters is 1. The van der Waals surface area contributed by atoms with Crippen molar-refractivity contribution in [1.29, 1.82) is 0 Å². The zero-order valence-electron chi connectivity index (χ0n) is 33.2. The Bertz CT molecular complexity index is 642. The lowest BCUT2D eigenvalue weighted by Gasteiger charge is -2.09. The van der Waals surface area contributed by atoms with Gasteiger partial charge in [-0.15, -0.1) is 0 Å². The summed E-state index contributed by atoms with van der Waals surface area (Å²) in [6, 6.07) is 0. The Kier molecular flexibility index (Phi) is 46.3. The number of hydrogen-bond donors (Lipinski definition) is 0. The van der Waals surface area contributed by atoms with E-state index in [1.807, 2.05) is 0 Å². The Morgan fingerprint density at radius 3 is 0.824 bits per heavy atom. The first kappa shape index (κ1) is 50.1. The monoisotopic (exact) mass is 737 g/mol. The summed E-state index contributed by atoms with van der Waals surface area (Å²) in [5.74, 6) is -0.132. The minimum Gasteiger partial charge on any atom is -0.463 e. The third-order valence-electron chi connectivity index (χ3n) is 8.09. The van der Waals surface area contributed by atoms with Gasteiger partial charge in [0.25, 0.3) is 0 Å². The number of ether oxygens (including phenoxy) is 10. The summed E-state index contributed by atoms with van der Waals surface area (Å²) < 4.78 is 54.9. The molecule has 0 saturated heterocycles. The second-order valence-corrected chi connectivity index (χ2v) is 12.8. The van der Waals surface area contributed by atoms with E-state index >= 15 is 0 Å². The number of rotatable bonds is 46. The van der Waals surface area contributed by atoms with Crippen LogP contribution in [0.25, 0.3) is 0 Å². The molecule has 0 heterocycles. The van der Waals surface area contributed by atoms with E-state index in [2.05, 4.69) is 13.8 Å². The van der Waals surface area contributed by atoms with Crippen LogP contribution in [-0.4, -0.2) is 132 Å². The average molecular weight is 737 g/mol. The van der Waals surface area contributed by atoms with Gasteiger partial charge in [0.15, 0.2) is 0 Å². The third-order valence-corrected chi connectivity index (χ3v) is 8.09. The quantitative estimate of drug-likeness (QED) is 0.0452. The standard InChI is InChI=1S/C40H80O11/c1-3-5-7-9-11-13-14-16-18-20-40(41)51-39-38-50-37-36-49-35-34-48-33-32-47-31-30-46-29-28-45-27-26-44-25-24-43-23-22-42-21-19-17-15-12-10-8-6-4-2/h3-39H2,1-2H3. The van der Waals surface area contributed by atoms with Gasteiger partial charge in [-0.3, -0.25) is 4.79 Å². The molecule has 0 rings (SSSR count). The predicted molar refractivity (Wildman–Crippen MR) is 203 cm³/mol. The number of carbonyl (C=O) groups excluding carboxylic acids is 1. The molecule has 0 aromatic carbocycles. The topological polar surface area (TPSA) is 109 Å². The molecule has 306 valence electrons. The highest BCUT2D eigenvalue weighted by molar-refractivity contribution is 5.69. The molecule has 11 heteroatoms. The average Bonchev–Trinajstić information content (AvgIpc) is 3.14. The lowest BCUT2D eigenvalue weighted by atomic mass is 10.1. The maximum absolute atomic E-state index is 11.8. The molecular weight excluding hydrogens is 656 g/mol. The van der Waals surface area contributed by atoms with Gasteiger partial charge in [-0.2, -0.15) is 0 Å². The second-order valence-electron chi connectivity index (χ2n) is 12.8. The van der Waals surface area contributed by atoms with E-state index in [1.165, 1.54) is 89.9 Å². The first-order chi connectivity index (χ1) is 25.3. The normalized spacial score (nSPS) is 11.5. The van der Waals surface area contributed by atoms with Gasteiger partial charge in [-0.05, 0) is 12.8 Å². The summed E-state index contributed by atoms with van der Waals surface area (Å²) in [5, 5.41) is 0. The fraction of sp³-hybridized carbons (Fsp3) is 0.975. The lowest BCUT2D eigenvalue weighted by Crippen LogP contribution is -2.15. The van der Waals surface area contributed by atoms with Gasteiger partial charge in [-0.1, -0.05) is 110 Å². The van der Waals surface area contributed by atoms with E-state index in [9.17, 15) is 4.79 Å². The van der Waals surface area contributed by atoms with E-state index < -0.39 is 0 Å². The molecule has 0 amide bonds. The third kappa shape index (κ3) is 47.1. The molecular formula is C40H80O11. The van der Waals surface area contributed by atoms with Gasteiger partial charge in [0.1, 0.15) is 6.61 Å². The van der Waals surface area contributed by atoms with Crippen LogP contribution in [-0.2, 0) is 52.2 Å². The highest BCUT2D eigenvalue weighted by atomic mass is 16.6. The van der Waals surface area contributed by atoms with Gasteiger partial charge < -0.3 is 47.4 Å². The van der Waals surface area contributed by atoms with Crippen LogP contribution in [0.1, 0.15) is 129 Å². The minimum atomic E-state index is -0.132. The molecule has 0 radical (unpaired) electrons. The van der Waals surface area contributed by atoms with Crippen molar-refractivity contribution < 1.29 is 52.2 Å². The Hall–Kier alpha value is -0.890. The van der Waals surface area contributed by atoms with Crippen molar-refractivity contribution in [2.75, 3.05) is 126 Å². The summed E-state index contributed by atoms with van der Waals surface area (Å²) >= 11 is 0. The highest BCUT2D eigenvalue weighted by Gasteiger charge is 2.03. The molecule has 0 aliphatic rings. The summed E-state index contributed by atoms with van der Waals surface area (Å²) in [7, 11) is 0. The van der Waals surface area contributed by atoms with Crippen molar-refractivity contribution >= 4 is 5.97 Å². The number of carbonyl (C=O) groups is 1. The minimum absolute atomic E-state index is 0.132. The van der Waals surface area contributed by atoms with Crippen LogP contribution in [0.3, 0.4) is 0 Å². The van der Waals surface area contributed by atoms with E-state index in [1.54, 1.807) is 0 Å². The van der Waals surface area contributed by atoms with E-state index in [4.69, 9.17) is 47.4 Å². The summed E-state index contributed by atoms with van der Waals surface area (Å²) in [4.78, 5) is 11.8. The highest BCUT2D eigenvalue weighted by Crippen LogP contribution is 2.11. The van der Waals surface area contributed by atoms with Crippen molar-refractivity contribution in [2.45, 2.75) is 129 Å². The van der Waals surface area contributed by atoms with Crippen LogP contribution in [0.15, 0.2) is 0 Å². The molecule has 0 aliphatic heterocycles. The molecule has 0 spiro atoms. The molecule has 0 saturated carbocycles. The predicted octanol–water partition coefficient (Wildman–Crippen LogP) is 7.74. The second kappa shape index (κ2) is 47.1. The van der Waals surface area contributed by atoms with Crippen molar-refractivity contribution in [1.82, 2.24) is 0 Å². The van der Waals surface area contributed by atoms with Crippen LogP contribution >= 0.6 is 0 Å². The lowest BCUT2D eigenvalue weighted by molar-refractivity contribution is -0.145. The Labute approximate surface area is 312 Å². The van der Waals surface area contributed by atoms with Gasteiger partial charge in [-0.25, -0.2) is 0 Å². The van der Waals surface area contributed by atoms with Gasteiger partial charge in [0.05, 0.1) is 112 Å². The van der Waals surface area contributed by atoms with Crippen LogP contribution < -0.4 is 0 Å². The SMILES string of the molecule is CCCCCCCCCCCC(=O)OCCOCCOCCOCCOCCOCCOCCOCCOCCOCCCCCCCCCC. The van der Waals surface area contributed by atoms with Crippen molar-refractivity contribution in [3.8, 4) is 0 Å². The maximum atomic E-state index is 11.8. The Balaban J connectivity index is 3.10.